The monoisotopic (exact) mass is 448 g/mol. The minimum atomic E-state index is -4.81. The predicted octanol–water partition coefficient (Wildman–Crippen LogP) is 3.43. The number of nitrogens with zero attached hydrogens (tertiary/aromatic N) is 2. The second kappa shape index (κ2) is 9.63. The van der Waals surface area contributed by atoms with Gasteiger partial charge in [0.05, 0.1) is 23.9 Å². The van der Waals surface area contributed by atoms with Gasteiger partial charge < -0.3 is 10.6 Å². The van der Waals surface area contributed by atoms with Crippen molar-refractivity contribution < 1.29 is 27.2 Å². The van der Waals surface area contributed by atoms with Crippen LogP contribution in [0.5, 0.6) is 0 Å². The van der Waals surface area contributed by atoms with E-state index < -0.39 is 35.1 Å². The number of carbonyl (C=O) groups is 2. The van der Waals surface area contributed by atoms with E-state index in [-0.39, 0.29) is 25.2 Å². The van der Waals surface area contributed by atoms with Crippen LogP contribution < -0.4 is 10.6 Å². The van der Waals surface area contributed by atoms with Crippen LogP contribution in [0.25, 0.3) is 5.69 Å². The number of benzene rings is 2. The standard InChI is InChI=1S/C22H20F4N4O2/c1-14-5-7-17(8-6-14)30-20(22(24,25)26)18(13-29-30)21(32)28-10-9-27-19(31)12-15-3-2-4-16(23)11-15/h2-8,11,13H,9-10,12H2,1H3,(H,27,31)(H,28,32). The first-order valence-corrected chi connectivity index (χ1v) is 9.67. The molecule has 6 nitrogen and oxygen atoms in total. The van der Waals surface area contributed by atoms with Gasteiger partial charge >= 0.3 is 6.18 Å². The summed E-state index contributed by atoms with van der Waals surface area (Å²) >= 11 is 0. The molecule has 1 heterocycles. The number of carbonyl (C=O) groups excluding carboxylic acids is 2. The highest BCUT2D eigenvalue weighted by molar-refractivity contribution is 5.95. The molecule has 0 atom stereocenters. The largest absolute Gasteiger partial charge is 0.434 e. The average Bonchev–Trinajstić information content (AvgIpc) is 3.17. The van der Waals surface area contributed by atoms with Crippen LogP contribution in [-0.2, 0) is 17.4 Å². The topological polar surface area (TPSA) is 76.0 Å². The van der Waals surface area contributed by atoms with E-state index >= 15 is 0 Å². The van der Waals surface area contributed by atoms with Gasteiger partial charge in [0, 0.05) is 13.1 Å². The lowest BCUT2D eigenvalue weighted by molar-refractivity contribution is -0.143. The molecular weight excluding hydrogens is 428 g/mol. The Bertz CT molecular complexity index is 1110. The van der Waals surface area contributed by atoms with Crippen LogP contribution in [0.15, 0.2) is 54.7 Å². The number of alkyl halides is 3. The lowest BCUT2D eigenvalue weighted by Crippen LogP contribution is -2.36. The lowest BCUT2D eigenvalue weighted by Gasteiger charge is -2.13. The van der Waals surface area contributed by atoms with Crippen molar-refractivity contribution in [3.8, 4) is 5.69 Å². The number of aromatic nitrogens is 2. The summed E-state index contributed by atoms with van der Waals surface area (Å²) in [6, 6.07) is 11.8. The van der Waals surface area contributed by atoms with Gasteiger partial charge in [-0.1, -0.05) is 29.8 Å². The van der Waals surface area contributed by atoms with Gasteiger partial charge in [-0.15, -0.1) is 0 Å². The van der Waals surface area contributed by atoms with Crippen molar-refractivity contribution in [1.29, 1.82) is 0 Å². The molecule has 2 amide bonds. The Morgan fingerprint density at radius 3 is 2.38 bits per heavy atom. The third kappa shape index (κ3) is 5.71. The Hall–Kier alpha value is -3.69. The van der Waals surface area contributed by atoms with E-state index in [1.807, 2.05) is 0 Å². The van der Waals surface area contributed by atoms with E-state index in [9.17, 15) is 27.2 Å². The fourth-order valence-electron chi connectivity index (χ4n) is 3.04. The van der Waals surface area contributed by atoms with Crippen LogP contribution >= 0.6 is 0 Å². The van der Waals surface area contributed by atoms with Gasteiger partial charge in [-0.3, -0.25) is 9.59 Å². The summed E-state index contributed by atoms with van der Waals surface area (Å²) in [7, 11) is 0. The van der Waals surface area contributed by atoms with E-state index in [2.05, 4.69) is 15.7 Å². The summed E-state index contributed by atoms with van der Waals surface area (Å²) in [4.78, 5) is 24.3. The van der Waals surface area contributed by atoms with Crippen molar-refractivity contribution in [1.82, 2.24) is 20.4 Å². The Kier molecular flexibility index (Phi) is 6.92. The molecule has 2 N–H and O–H groups in total. The van der Waals surface area contributed by atoms with Crippen LogP contribution in [0, 0.1) is 12.7 Å². The van der Waals surface area contributed by atoms with Gasteiger partial charge in [-0.2, -0.15) is 18.3 Å². The summed E-state index contributed by atoms with van der Waals surface area (Å²) in [5, 5.41) is 8.62. The maximum Gasteiger partial charge on any atom is 0.434 e. The first kappa shape index (κ1) is 23.0. The molecule has 0 saturated carbocycles. The summed E-state index contributed by atoms with van der Waals surface area (Å²) in [5.74, 6) is -1.84. The zero-order valence-corrected chi connectivity index (χ0v) is 17.0. The summed E-state index contributed by atoms with van der Waals surface area (Å²) < 4.78 is 54.8. The number of hydrogen-bond donors (Lipinski definition) is 2. The second-order valence-electron chi connectivity index (χ2n) is 7.06. The molecule has 3 rings (SSSR count). The fourth-order valence-corrected chi connectivity index (χ4v) is 3.04. The molecule has 32 heavy (non-hydrogen) atoms. The first-order chi connectivity index (χ1) is 15.1. The van der Waals surface area contributed by atoms with E-state index in [4.69, 9.17) is 0 Å². The number of halogens is 4. The highest BCUT2D eigenvalue weighted by atomic mass is 19.4. The Morgan fingerprint density at radius 1 is 1.03 bits per heavy atom. The zero-order valence-electron chi connectivity index (χ0n) is 17.0. The molecule has 0 unspecified atom stereocenters. The molecule has 0 aliphatic heterocycles. The zero-order chi connectivity index (χ0) is 23.3. The molecule has 3 aromatic rings. The third-order valence-electron chi connectivity index (χ3n) is 4.55. The van der Waals surface area contributed by atoms with Crippen LogP contribution in [0.1, 0.15) is 27.2 Å². The first-order valence-electron chi connectivity index (χ1n) is 9.67. The normalized spacial score (nSPS) is 11.3. The second-order valence-corrected chi connectivity index (χ2v) is 7.06. The Morgan fingerprint density at radius 2 is 1.72 bits per heavy atom. The molecule has 1 aromatic heterocycles. The number of hydrogen-bond acceptors (Lipinski definition) is 3. The van der Waals surface area contributed by atoms with Gasteiger partial charge in [-0.25, -0.2) is 9.07 Å². The van der Waals surface area contributed by atoms with Crippen molar-refractivity contribution in [2.45, 2.75) is 19.5 Å². The van der Waals surface area contributed by atoms with Gasteiger partial charge in [0.25, 0.3) is 5.91 Å². The SMILES string of the molecule is Cc1ccc(-n2ncc(C(=O)NCCNC(=O)Cc3cccc(F)c3)c2C(F)(F)F)cc1. The Balaban J connectivity index is 1.61. The van der Waals surface area contributed by atoms with E-state index in [1.54, 1.807) is 25.1 Å². The smallest absolute Gasteiger partial charge is 0.354 e. The van der Waals surface area contributed by atoms with Gasteiger partial charge in [0.2, 0.25) is 5.91 Å². The van der Waals surface area contributed by atoms with Crippen LogP contribution in [-0.4, -0.2) is 34.7 Å². The minimum Gasteiger partial charge on any atom is -0.354 e. The lowest BCUT2D eigenvalue weighted by atomic mass is 10.1. The van der Waals surface area contributed by atoms with Crippen molar-refractivity contribution in [3.05, 3.63) is 82.9 Å². The molecule has 0 spiro atoms. The fraction of sp³-hybridized carbons (Fsp3) is 0.227. The van der Waals surface area contributed by atoms with Crippen LogP contribution in [0.2, 0.25) is 0 Å². The van der Waals surface area contributed by atoms with Gasteiger partial charge in [0.1, 0.15) is 5.82 Å². The molecule has 10 heteroatoms. The minimum absolute atomic E-state index is 0.00661. The number of amides is 2. The summed E-state index contributed by atoms with van der Waals surface area (Å²) in [6.45, 7) is 1.70. The molecule has 0 fully saturated rings. The molecule has 0 aliphatic rings. The molecule has 0 saturated heterocycles. The third-order valence-corrected chi connectivity index (χ3v) is 4.55. The van der Waals surface area contributed by atoms with Crippen molar-refractivity contribution in [2.75, 3.05) is 13.1 Å². The van der Waals surface area contributed by atoms with E-state index in [1.165, 1.54) is 30.3 Å². The van der Waals surface area contributed by atoms with Crippen LogP contribution in [0.3, 0.4) is 0 Å². The highest BCUT2D eigenvalue weighted by Gasteiger charge is 2.40. The van der Waals surface area contributed by atoms with Gasteiger partial charge in [-0.05, 0) is 36.8 Å². The van der Waals surface area contributed by atoms with E-state index in [0.29, 0.717) is 10.2 Å². The highest BCUT2D eigenvalue weighted by Crippen LogP contribution is 2.33. The molecule has 0 bridgehead atoms. The van der Waals surface area contributed by atoms with Crippen molar-refractivity contribution >= 4 is 11.8 Å². The van der Waals surface area contributed by atoms with Crippen LogP contribution in [0.4, 0.5) is 17.6 Å². The maximum atomic E-state index is 13.7. The maximum absolute atomic E-state index is 13.7. The van der Waals surface area contributed by atoms with Crippen molar-refractivity contribution in [2.24, 2.45) is 0 Å². The quantitative estimate of drug-likeness (QED) is 0.430. The van der Waals surface area contributed by atoms with Gasteiger partial charge in [0.15, 0.2) is 5.69 Å². The van der Waals surface area contributed by atoms with Crippen molar-refractivity contribution in [3.63, 3.8) is 0 Å². The summed E-state index contributed by atoms with van der Waals surface area (Å²) in [5.41, 5.74) is -0.290. The molecule has 0 radical (unpaired) electrons. The number of nitrogens with one attached hydrogen (secondary N) is 2. The summed E-state index contributed by atoms with van der Waals surface area (Å²) in [6.07, 6.45) is -4.01. The molecule has 2 aromatic carbocycles. The van der Waals surface area contributed by atoms with E-state index in [0.717, 1.165) is 11.8 Å². The molecular formula is C22H20F4N4O2. The Labute approximate surface area is 181 Å². The molecule has 168 valence electrons. The number of aryl methyl sites for hydroxylation is 1. The number of rotatable bonds is 7. The average molecular weight is 448 g/mol. The molecule has 0 aliphatic carbocycles. The predicted molar refractivity (Wildman–Crippen MR) is 109 cm³/mol.